The molecule has 2 aromatic carbocycles. The van der Waals surface area contributed by atoms with Crippen LogP contribution in [0.3, 0.4) is 0 Å². The Hall–Kier alpha value is -2.34. The molecule has 0 radical (unpaired) electrons. The van der Waals surface area contributed by atoms with Crippen molar-refractivity contribution in [3.8, 4) is 6.07 Å². The molecule has 0 spiro atoms. The Labute approximate surface area is 99.3 Å². The van der Waals surface area contributed by atoms with Gasteiger partial charge in [0.25, 0.3) is 0 Å². The summed E-state index contributed by atoms with van der Waals surface area (Å²) >= 11 is 0. The predicted molar refractivity (Wildman–Crippen MR) is 65.6 cm³/mol. The van der Waals surface area contributed by atoms with E-state index in [-0.39, 0.29) is 5.82 Å². The van der Waals surface area contributed by atoms with Crippen molar-refractivity contribution in [1.82, 2.24) is 0 Å². The van der Waals surface area contributed by atoms with Crippen LogP contribution >= 0.6 is 0 Å². The van der Waals surface area contributed by atoms with Crippen molar-refractivity contribution in [2.45, 2.75) is 6.92 Å². The van der Waals surface area contributed by atoms with Gasteiger partial charge in [-0.25, -0.2) is 4.39 Å². The van der Waals surface area contributed by atoms with E-state index in [0.29, 0.717) is 16.8 Å². The number of nitrogens with one attached hydrogen (secondary N) is 1. The van der Waals surface area contributed by atoms with Crippen molar-refractivity contribution in [3.63, 3.8) is 0 Å². The van der Waals surface area contributed by atoms with Crippen LogP contribution < -0.4 is 5.32 Å². The van der Waals surface area contributed by atoms with E-state index < -0.39 is 0 Å². The van der Waals surface area contributed by atoms with Crippen LogP contribution in [0.5, 0.6) is 0 Å². The molecule has 84 valence electrons. The molecule has 2 nitrogen and oxygen atoms in total. The maximum Gasteiger partial charge on any atom is 0.149 e. The second-order valence-electron chi connectivity index (χ2n) is 3.75. The van der Waals surface area contributed by atoms with Crippen LogP contribution in [0, 0.1) is 24.1 Å². The van der Waals surface area contributed by atoms with Gasteiger partial charge in [-0.1, -0.05) is 12.1 Å². The molecule has 0 bridgehead atoms. The van der Waals surface area contributed by atoms with Gasteiger partial charge in [-0.2, -0.15) is 5.26 Å². The minimum Gasteiger partial charge on any atom is -0.353 e. The first kappa shape index (κ1) is 11.2. The minimum absolute atomic E-state index is 0.253. The molecule has 2 rings (SSSR count). The molecule has 17 heavy (non-hydrogen) atoms. The van der Waals surface area contributed by atoms with E-state index in [1.165, 1.54) is 0 Å². The summed E-state index contributed by atoms with van der Waals surface area (Å²) in [6.07, 6.45) is 0. The summed E-state index contributed by atoms with van der Waals surface area (Å²) in [5.41, 5.74) is 2.38. The molecule has 0 heterocycles. The Balaban J connectivity index is 2.26. The zero-order chi connectivity index (χ0) is 12.3. The van der Waals surface area contributed by atoms with Crippen molar-refractivity contribution in [2.75, 3.05) is 5.32 Å². The first-order valence-corrected chi connectivity index (χ1v) is 5.23. The van der Waals surface area contributed by atoms with Crippen LogP contribution in [0.25, 0.3) is 0 Å². The third-order valence-electron chi connectivity index (χ3n) is 2.48. The van der Waals surface area contributed by atoms with Crippen molar-refractivity contribution in [3.05, 3.63) is 59.4 Å². The van der Waals surface area contributed by atoms with Gasteiger partial charge in [0.2, 0.25) is 0 Å². The van der Waals surface area contributed by atoms with Gasteiger partial charge in [0.05, 0.1) is 17.3 Å². The van der Waals surface area contributed by atoms with Gasteiger partial charge >= 0.3 is 0 Å². The normalized spacial score (nSPS) is 9.71. The van der Waals surface area contributed by atoms with Gasteiger partial charge < -0.3 is 5.32 Å². The van der Waals surface area contributed by atoms with Gasteiger partial charge in [-0.3, -0.25) is 0 Å². The largest absolute Gasteiger partial charge is 0.353 e. The van der Waals surface area contributed by atoms with Crippen molar-refractivity contribution < 1.29 is 4.39 Å². The first-order chi connectivity index (χ1) is 8.20. The first-order valence-electron chi connectivity index (χ1n) is 5.23. The minimum atomic E-state index is -0.253. The summed E-state index contributed by atoms with van der Waals surface area (Å²) in [7, 11) is 0. The fourth-order valence-electron chi connectivity index (χ4n) is 1.53. The Morgan fingerprint density at radius 3 is 2.47 bits per heavy atom. The molecule has 0 aliphatic rings. The Kier molecular flexibility index (Phi) is 3.06. The third-order valence-corrected chi connectivity index (χ3v) is 2.48. The molecule has 0 aliphatic heterocycles. The monoisotopic (exact) mass is 226 g/mol. The highest BCUT2D eigenvalue weighted by molar-refractivity contribution is 5.61. The topological polar surface area (TPSA) is 35.8 Å². The molecular weight excluding hydrogens is 215 g/mol. The smallest absolute Gasteiger partial charge is 0.149 e. The molecule has 0 fully saturated rings. The Morgan fingerprint density at radius 1 is 1.12 bits per heavy atom. The maximum atomic E-state index is 13.7. The standard InChI is InChI=1S/C14H11FN2/c1-10-3-2-4-13(14(10)15)17-12-7-5-11(9-16)6-8-12/h2-8,17H,1H3. The quantitative estimate of drug-likeness (QED) is 0.846. The summed E-state index contributed by atoms with van der Waals surface area (Å²) in [4.78, 5) is 0. The van der Waals surface area contributed by atoms with Gasteiger partial charge in [-0.05, 0) is 42.8 Å². The number of aryl methyl sites for hydroxylation is 1. The number of nitrogens with zero attached hydrogens (tertiary/aromatic N) is 1. The van der Waals surface area contributed by atoms with Crippen LogP contribution in [0.1, 0.15) is 11.1 Å². The van der Waals surface area contributed by atoms with E-state index in [1.807, 2.05) is 6.07 Å². The average molecular weight is 226 g/mol. The van der Waals surface area contributed by atoms with Crippen molar-refractivity contribution in [1.29, 1.82) is 5.26 Å². The highest BCUT2D eigenvalue weighted by Gasteiger charge is 2.04. The Morgan fingerprint density at radius 2 is 1.82 bits per heavy atom. The highest BCUT2D eigenvalue weighted by atomic mass is 19.1. The van der Waals surface area contributed by atoms with Crippen molar-refractivity contribution >= 4 is 11.4 Å². The SMILES string of the molecule is Cc1cccc(Nc2ccc(C#N)cc2)c1F. The number of benzene rings is 2. The number of hydrogen-bond acceptors (Lipinski definition) is 2. The number of nitriles is 1. The lowest BCUT2D eigenvalue weighted by molar-refractivity contribution is 0.622. The van der Waals surface area contributed by atoms with E-state index in [2.05, 4.69) is 5.32 Å². The molecule has 0 amide bonds. The number of anilines is 2. The zero-order valence-corrected chi connectivity index (χ0v) is 9.37. The molecule has 0 aromatic heterocycles. The third kappa shape index (κ3) is 2.43. The average Bonchev–Trinajstić information content (AvgIpc) is 2.36. The van der Waals surface area contributed by atoms with Crippen LogP contribution in [0.4, 0.5) is 15.8 Å². The van der Waals surface area contributed by atoms with Gasteiger partial charge in [0.1, 0.15) is 5.82 Å². The zero-order valence-electron chi connectivity index (χ0n) is 9.37. The molecule has 0 saturated heterocycles. The fraction of sp³-hybridized carbons (Fsp3) is 0.0714. The van der Waals surface area contributed by atoms with Gasteiger partial charge in [0.15, 0.2) is 0 Å². The van der Waals surface area contributed by atoms with Gasteiger partial charge in [0, 0.05) is 5.69 Å². The van der Waals surface area contributed by atoms with E-state index >= 15 is 0 Å². The molecule has 1 N–H and O–H groups in total. The van der Waals surface area contributed by atoms with E-state index in [1.54, 1.807) is 49.4 Å². The van der Waals surface area contributed by atoms with Crippen LogP contribution in [0.2, 0.25) is 0 Å². The lowest BCUT2D eigenvalue weighted by Gasteiger charge is -2.08. The lowest BCUT2D eigenvalue weighted by Crippen LogP contribution is -1.95. The molecule has 0 unspecified atom stereocenters. The number of rotatable bonds is 2. The predicted octanol–water partition coefficient (Wildman–Crippen LogP) is 3.75. The lowest BCUT2D eigenvalue weighted by atomic mass is 10.2. The summed E-state index contributed by atoms with van der Waals surface area (Å²) < 4.78 is 13.7. The van der Waals surface area contributed by atoms with Crippen LogP contribution in [0.15, 0.2) is 42.5 Å². The second-order valence-corrected chi connectivity index (χ2v) is 3.75. The summed E-state index contributed by atoms with van der Waals surface area (Å²) in [5.74, 6) is -0.253. The van der Waals surface area contributed by atoms with Gasteiger partial charge in [-0.15, -0.1) is 0 Å². The molecule has 3 heteroatoms. The van der Waals surface area contributed by atoms with E-state index in [4.69, 9.17) is 5.26 Å². The number of hydrogen-bond donors (Lipinski definition) is 1. The second kappa shape index (κ2) is 4.67. The summed E-state index contributed by atoms with van der Waals surface area (Å²) in [5, 5.41) is 11.6. The Bertz CT molecular complexity index is 568. The van der Waals surface area contributed by atoms with Crippen LogP contribution in [-0.4, -0.2) is 0 Å². The molecule has 0 atom stereocenters. The summed E-state index contributed by atoms with van der Waals surface area (Å²) in [6, 6.07) is 14.1. The van der Waals surface area contributed by atoms with E-state index in [0.717, 1.165) is 5.69 Å². The van der Waals surface area contributed by atoms with E-state index in [9.17, 15) is 4.39 Å². The van der Waals surface area contributed by atoms with Crippen LogP contribution in [-0.2, 0) is 0 Å². The molecule has 0 saturated carbocycles. The summed E-state index contributed by atoms with van der Waals surface area (Å²) in [6.45, 7) is 1.72. The molecule has 2 aromatic rings. The highest BCUT2D eigenvalue weighted by Crippen LogP contribution is 2.22. The fourth-order valence-corrected chi connectivity index (χ4v) is 1.53. The number of halogens is 1. The maximum absolute atomic E-state index is 13.7. The molecular formula is C14H11FN2. The molecule has 0 aliphatic carbocycles. The van der Waals surface area contributed by atoms with Crippen molar-refractivity contribution in [2.24, 2.45) is 0 Å².